The second-order valence-electron chi connectivity index (χ2n) is 3.96. The van der Waals surface area contributed by atoms with Crippen LogP contribution in [-0.4, -0.2) is 24.9 Å². The lowest BCUT2D eigenvalue weighted by molar-refractivity contribution is 0.386. The zero-order valence-electron chi connectivity index (χ0n) is 10.2. The standard InChI is InChI=1S/C11H11N5OS2/c1-7-12-9(15-17-7)4-5-16-10(13-14-11(16)18)8-3-2-6-19-8/h2-3,6H,4-5H2,1H3,(H,14,18). The lowest BCUT2D eigenvalue weighted by Crippen LogP contribution is -2.04. The van der Waals surface area contributed by atoms with Crippen molar-refractivity contribution < 1.29 is 4.52 Å². The summed E-state index contributed by atoms with van der Waals surface area (Å²) >= 11 is 6.88. The van der Waals surface area contributed by atoms with E-state index < -0.39 is 0 Å². The Morgan fingerprint density at radius 3 is 3.11 bits per heavy atom. The average Bonchev–Trinajstić information content (AvgIpc) is 3.08. The minimum atomic E-state index is 0.573. The van der Waals surface area contributed by atoms with Gasteiger partial charge in [-0.1, -0.05) is 11.2 Å². The molecule has 0 atom stereocenters. The molecule has 0 saturated heterocycles. The fraction of sp³-hybridized carbons (Fsp3) is 0.273. The van der Waals surface area contributed by atoms with Crippen molar-refractivity contribution in [2.24, 2.45) is 0 Å². The van der Waals surface area contributed by atoms with Gasteiger partial charge in [-0.2, -0.15) is 10.1 Å². The van der Waals surface area contributed by atoms with Crippen LogP contribution < -0.4 is 0 Å². The summed E-state index contributed by atoms with van der Waals surface area (Å²) < 4.78 is 7.50. The Balaban J connectivity index is 1.85. The van der Waals surface area contributed by atoms with Gasteiger partial charge in [0, 0.05) is 19.9 Å². The van der Waals surface area contributed by atoms with Gasteiger partial charge in [-0.25, -0.2) is 0 Å². The van der Waals surface area contributed by atoms with Crippen molar-refractivity contribution >= 4 is 23.6 Å². The molecule has 0 spiro atoms. The highest BCUT2D eigenvalue weighted by atomic mass is 32.1. The number of H-pyrrole nitrogens is 1. The minimum absolute atomic E-state index is 0.573. The number of aromatic nitrogens is 5. The topological polar surface area (TPSA) is 72.5 Å². The number of nitrogens with zero attached hydrogens (tertiary/aromatic N) is 4. The second kappa shape index (κ2) is 5.06. The van der Waals surface area contributed by atoms with Crippen molar-refractivity contribution in [3.05, 3.63) is 34.0 Å². The van der Waals surface area contributed by atoms with Crippen LogP contribution in [0.5, 0.6) is 0 Å². The fourth-order valence-corrected chi connectivity index (χ4v) is 2.72. The largest absolute Gasteiger partial charge is 0.340 e. The third-order valence-electron chi connectivity index (χ3n) is 2.63. The molecule has 3 aromatic heterocycles. The Kier molecular flexibility index (Phi) is 3.26. The number of hydrogen-bond donors (Lipinski definition) is 1. The van der Waals surface area contributed by atoms with E-state index in [9.17, 15) is 0 Å². The van der Waals surface area contributed by atoms with E-state index in [2.05, 4.69) is 20.3 Å². The van der Waals surface area contributed by atoms with Gasteiger partial charge in [0.2, 0.25) is 5.89 Å². The van der Waals surface area contributed by atoms with E-state index in [4.69, 9.17) is 16.7 Å². The predicted octanol–water partition coefficient (Wildman–Crippen LogP) is 2.60. The Labute approximate surface area is 118 Å². The Morgan fingerprint density at radius 1 is 1.53 bits per heavy atom. The monoisotopic (exact) mass is 293 g/mol. The van der Waals surface area contributed by atoms with Crippen molar-refractivity contribution in [1.82, 2.24) is 24.9 Å². The number of aryl methyl sites for hydroxylation is 2. The molecule has 1 N–H and O–H groups in total. The van der Waals surface area contributed by atoms with Gasteiger partial charge in [0.25, 0.3) is 0 Å². The number of nitrogens with one attached hydrogen (secondary N) is 1. The van der Waals surface area contributed by atoms with E-state index in [-0.39, 0.29) is 0 Å². The first-order valence-corrected chi connectivity index (χ1v) is 7.01. The van der Waals surface area contributed by atoms with Crippen LogP contribution in [0.25, 0.3) is 10.7 Å². The SMILES string of the molecule is Cc1nc(CCn2c(-c3cccs3)n[nH]c2=S)no1. The fourth-order valence-electron chi connectivity index (χ4n) is 1.77. The highest BCUT2D eigenvalue weighted by Gasteiger charge is 2.11. The first-order valence-electron chi connectivity index (χ1n) is 5.72. The number of aromatic amines is 1. The van der Waals surface area contributed by atoms with Gasteiger partial charge in [-0.15, -0.1) is 11.3 Å². The first kappa shape index (κ1) is 12.2. The first-order chi connectivity index (χ1) is 9.24. The molecule has 0 aromatic carbocycles. The Morgan fingerprint density at radius 2 is 2.42 bits per heavy atom. The third kappa shape index (κ3) is 2.49. The molecule has 0 saturated carbocycles. The van der Waals surface area contributed by atoms with Crippen LogP contribution in [-0.2, 0) is 13.0 Å². The molecule has 6 nitrogen and oxygen atoms in total. The second-order valence-corrected chi connectivity index (χ2v) is 5.30. The number of thiophene rings is 1. The van der Waals surface area contributed by atoms with Gasteiger partial charge in [-0.05, 0) is 23.7 Å². The zero-order chi connectivity index (χ0) is 13.2. The zero-order valence-corrected chi connectivity index (χ0v) is 11.8. The molecular formula is C11H11N5OS2. The average molecular weight is 293 g/mol. The molecule has 19 heavy (non-hydrogen) atoms. The molecule has 0 amide bonds. The molecule has 0 bridgehead atoms. The molecule has 3 heterocycles. The molecule has 0 radical (unpaired) electrons. The molecule has 0 unspecified atom stereocenters. The molecule has 3 rings (SSSR count). The summed E-state index contributed by atoms with van der Waals surface area (Å²) in [4.78, 5) is 5.26. The van der Waals surface area contributed by atoms with Gasteiger partial charge in [0.05, 0.1) is 4.88 Å². The quantitative estimate of drug-likeness (QED) is 0.749. The van der Waals surface area contributed by atoms with E-state index in [0.717, 1.165) is 10.7 Å². The van der Waals surface area contributed by atoms with E-state index >= 15 is 0 Å². The molecule has 0 aliphatic rings. The summed E-state index contributed by atoms with van der Waals surface area (Å²) in [6, 6.07) is 4.01. The Hall–Kier alpha value is -1.80. The molecule has 8 heteroatoms. The highest BCUT2D eigenvalue weighted by Crippen LogP contribution is 2.22. The van der Waals surface area contributed by atoms with Crippen LogP contribution >= 0.6 is 23.6 Å². The molecular weight excluding hydrogens is 282 g/mol. The van der Waals surface area contributed by atoms with Crippen LogP contribution in [0.15, 0.2) is 22.0 Å². The molecule has 98 valence electrons. The summed E-state index contributed by atoms with van der Waals surface area (Å²) in [5.74, 6) is 2.10. The molecule has 0 aliphatic heterocycles. The molecule has 0 fully saturated rings. The van der Waals surface area contributed by atoms with Crippen LogP contribution in [0.4, 0.5) is 0 Å². The van der Waals surface area contributed by atoms with Crippen molar-refractivity contribution in [3.63, 3.8) is 0 Å². The maximum atomic E-state index is 5.25. The van der Waals surface area contributed by atoms with Gasteiger partial charge in [0.15, 0.2) is 16.4 Å². The van der Waals surface area contributed by atoms with Crippen LogP contribution in [0, 0.1) is 11.7 Å². The van der Waals surface area contributed by atoms with Crippen molar-refractivity contribution in [2.45, 2.75) is 19.9 Å². The summed E-state index contributed by atoms with van der Waals surface area (Å²) in [7, 11) is 0. The summed E-state index contributed by atoms with van der Waals surface area (Å²) in [5, 5.41) is 13.0. The molecule has 0 aliphatic carbocycles. The van der Waals surface area contributed by atoms with Gasteiger partial charge in [0.1, 0.15) is 0 Å². The van der Waals surface area contributed by atoms with Crippen molar-refractivity contribution in [1.29, 1.82) is 0 Å². The molecule has 3 aromatic rings. The normalized spacial score (nSPS) is 11.0. The van der Waals surface area contributed by atoms with Crippen LogP contribution in [0.1, 0.15) is 11.7 Å². The van der Waals surface area contributed by atoms with E-state index in [1.165, 1.54) is 0 Å². The summed E-state index contributed by atoms with van der Waals surface area (Å²) in [6.45, 7) is 2.44. The van der Waals surface area contributed by atoms with E-state index in [1.54, 1.807) is 18.3 Å². The predicted molar refractivity (Wildman–Crippen MR) is 73.5 cm³/mol. The van der Waals surface area contributed by atoms with Crippen molar-refractivity contribution in [3.8, 4) is 10.7 Å². The highest BCUT2D eigenvalue weighted by molar-refractivity contribution is 7.71. The maximum Gasteiger partial charge on any atom is 0.223 e. The van der Waals surface area contributed by atoms with Gasteiger partial charge >= 0.3 is 0 Å². The Bertz CT molecular complexity index is 724. The van der Waals surface area contributed by atoms with Gasteiger partial charge < -0.3 is 4.52 Å². The lowest BCUT2D eigenvalue weighted by atomic mass is 10.4. The van der Waals surface area contributed by atoms with Gasteiger partial charge in [-0.3, -0.25) is 9.67 Å². The van der Waals surface area contributed by atoms with E-state index in [0.29, 0.717) is 29.5 Å². The maximum absolute atomic E-state index is 5.25. The number of hydrogen-bond acceptors (Lipinski definition) is 6. The van der Waals surface area contributed by atoms with Crippen LogP contribution in [0.3, 0.4) is 0 Å². The van der Waals surface area contributed by atoms with Crippen molar-refractivity contribution in [2.75, 3.05) is 0 Å². The number of rotatable bonds is 4. The minimum Gasteiger partial charge on any atom is -0.340 e. The smallest absolute Gasteiger partial charge is 0.223 e. The van der Waals surface area contributed by atoms with Crippen LogP contribution in [0.2, 0.25) is 0 Å². The third-order valence-corrected chi connectivity index (χ3v) is 3.81. The summed E-state index contributed by atoms with van der Waals surface area (Å²) in [5.41, 5.74) is 0. The lowest BCUT2D eigenvalue weighted by Gasteiger charge is -2.02. The van der Waals surface area contributed by atoms with E-state index in [1.807, 2.05) is 22.1 Å². The summed E-state index contributed by atoms with van der Waals surface area (Å²) in [6.07, 6.45) is 0.656.